The van der Waals surface area contributed by atoms with Crippen LogP contribution in [0.4, 0.5) is 22.9 Å². The van der Waals surface area contributed by atoms with E-state index in [9.17, 15) is 4.79 Å². The highest BCUT2D eigenvalue weighted by atomic mass is 16.1. The Bertz CT molecular complexity index is 947. The van der Waals surface area contributed by atoms with Gasteiger partial charge < -0.3 is 15.5 Å². The van der Waals surface area contributed by atoms with E-state index in [1.165, 1.54) is 12.8 Å². The number of benzene rings is 2. The second kappa shape index (κ2) is 8.08. The van der Waals surface area contributed by atoms with Gasteiger partial charge in [0, 0.05) is 36.1 Å². The summed E-state index contributed by atoms with van der Waals surface area (Å²) in [5.41, 5.74) is 4.50. The normalized spacial score (nSPS) is 13.4. The SMILES string of the molecule is Cc1ccc(C(=O)Nc2ccc(Nc3cc(N4CCCC4)cnn3)cc2)cc1. The number of amides is 1. The van der Waals surface area contributed by atoms with Crippen molar-refractivity contribution in [1.82, 2.24) is 10.2 Å². The molecule has 6 nitrogen and oxygen atoms in total. The molecule has 3 aromatic rings. The first-order valence-corrected chi connectivity index (χ1v) is 9.50. The van der Waals surface area contributed by atoms with Crippen molar-refractivity contribution < 1.29 is 4.79 Å². The molecule has 1 amide bonds. The van der Waals surface area contributed by atoms with Gasteiger partial charge in [-0.05, 0) is 56.2 Å². The summed E-state index contributed by atoms with van der Waals surface area (Å²) in [6.07, 6.45) is 4.25. The summed E-state index contributed by atoms with van der Waals surface area (Å²) in [7, 11) is 0. The molecule has 0 atom stereocenters. The molecular formula is C22H23N5O. The zero-order chi connectivity index (χ0) is 19.3. The maximum atomic E-state index is 12.3. The predicted molar refractivity (Wildman–Crippen MR) is 112 cm³/mol. The van der Waals surface area contributed by atoms with Gasteiger partial charge in [0.15, 0.2) is 5.82 Å². The minimum atomic E-state index is -0.120. The smallest absolute Gasteiger partial charge is 0.255 e. The number of rotatable bonds is 5. The third-order valence-corrected chi connectivity index (χ3v) is 4.84. The van der Waals surface area contributed by atoms with Gasteiger partial charge in [-0.15, -0.1) is 5.10 Å². The number of hydrogen-bond donors (Lipinski definition) is 2. The van der Waals surface area contributed by atoms with Gasteiger partial charge in [0.25, 0.3) is 5.91 Å². The van der Waals surface area contributed by atoms with E-state index < -0.39 is 0 Å². The van der Waals surface area contributed by atoms with E-state index in [0.29, 0.717) is 11.4 Å². The van der Waals surface area contributed by atoms with Crippen molar-refractivity contribution in [3.8, 4) is 0 Å². The average molecular weight is 373 g/mol. The van der Waals surface area contributed by atoms with Crippen molar-refractivity contribution in [2.24, 2.45) is 0 Å². The molecule has 2 heterocycles. The highest BCUT2D eigenvalue weighted by Gasteiger charge is 2.13. The molecule has 0 radical (unpaired) electrons. The number of carbonyl (C=O) groups excluding carboxylic acids is 1. The number of aromatic nitrogens is 2. The first-order chi connectivity index (χ1) is 13.7. The van der Waals surface area contributed by atoms with E-state index >= 15 is 0 Å². The lowest BCUT2D eigenvalue weighted by molar-refractivity contribution is 0.102. The molecule has 0 aliphatic carbocycles. The standard InChI is InChI=1S/C22H23N5O/c1-16-4-6-17(7-5-16)22(28)25-19-10-8-18(9-11-19)24-21-14-20(15-23-26-21)27-12-2-3-13-27/h4-11,14-15H,2-3,12-13H2,1H3,(H,24,26)(H,25,28). The van der Waals surface area contributed by atoms with E-state index in [1.807, 2.05) is 61.5 Å². The molecule has 6 heteroatoms. The molecule has 4 rings (SSSR count). The topological polar surface area (TPSA) is 70.2 Å². The highest BCUT2D eigenvalue weighted by Crippen LogP contribution is 2.23. The Morgan fingerprint density at radius 2 is 1.64 bits per heavy atom. The van der Waals surface area contributed by atoms with Crippen LogP contribution in [-0.4, -0.2) is 29.2 Å². The highest BCUT2D eigenvalue weighted by molar-refractivity contribution is 6.04. The second-order valence-electron chi connectivity index (χ2n) is 7.02. The number of aryl methyl sites for hydroxylation is 1. The fourth-order valence-electron chi connectivity index (χ4n) is 3.26. The number of nitrogens with one attached hydrogen (secondary N) is 2. The largest absolute Gasteiger partial charge is 0.370 e. The van der Waals surface area contributed by atoms with Crippen molar-refractivity contribution in [1.29, 1.82) is 0 Å². The maximum absolute atomic E-state index is 12.3. The van der Waals surface area contributed by atoms with Gasteiger partial charge >= 0.3 is 0 Å². The lowest BCUT2D eigenvalue weighted by Gasteiger charge is -2.17. The van der Waals surface area contributed by atoms with Gasteiger partial charge in [-0.1, -0.05) is 17.7 Å². The third kappa shape index (κ3) is 4.28. The van der Waals surface area contributed by atoms with Crippen LogP contribution in [0, 0.1) is 6.92 Å². The van der Waals surface area contributed by atoms with Crippen molar-refractivity contribution in [2.75, 3.05) is 28.6 Å². The Kier molecular flexibility index (Phi) is 5.19. The van der Waals surface area contributed by atoms with Crippen molar-refractivity contribution in [3.05, 3.63) is 71.9 Å². The van der Waals surface area contributed by atoms with Crippen LogP contribution in [0.3, 0.4) is 0 Å². The van der Waals surface area contributed by atoms with E-state index in [4.69, 9.17) is 0 Å². The minimum Gasteiger partial charge on any atom is -0.370 e. The fourth-order valence-corrected chi connectivity index (χ4v) is 3.26. The molecule has 0 unspecified atom stereocenters. The molecule has 1 saturated heterocycles. The molecule has 0 saturated carbocycles. The quantitative estimate of drug-likeness (QED) is 0.694. The summed E-state index contributed by atoms with van der Waals surface area (Å²) in [4.78, 5) is 14.6. The van der Waals surface area contributed by atoms with Crippen LogP contribution in [0.15, 0.2) is 60.8 Å². The molecule has 0 spiro atoms. The number of nitrogens with zero attached hydrogens (tertiary/aromatic N) is 3. The molecule has 0 bridgehead atoms. The number of hydrogen-bond acceptors (Lipinski definition) is 5. The molecule has 28 heavy (non-hydrogen) atoms. The van der Waals surface area contributed by atoms with Crippen LogP contribution in [0.5, 0.6) is 0 Å². The van der Waals surface area contributed by atoms with Crippen LogP contribution in [0.1, 0.15) is 28.8 Å². The lowest BCUT2D eigenvalue weighted by Crippen LogP contribution is -2.18. The Labute approximate surface area is 164 Å². The van der Waals surface area contributed by atoms with Gasteiger partial charge in [-0.3, -0.25) is 4.79 Å². The van der Waals surface area contributed by atoms with E-state index in [1.54, 1.807) is 6.20 Å². The Balaban J connectivity index is 1.40. The van der Waals surface area contributed by atoms with Gasteiger partial charge in [-0.2, -0.15) is 5.10 Å². The number of carbonyl (C=O) groups is 1. The Morgan fingerprint density at radius 1 is 0.964 bits per heavy atom. The molecule has 1 fully saturated rings. The van der Waals surface area contributed by atoms with E-state index in [2.05, 4.69) is 25.7 Å². The molecule has 2 aromatic carbocycles. The fraction of sp³-hybridized carbons (Fsp3) is 0.227. The lowest BCUT2D eigenvalue weighted by atomic mass is 10.1. The predicted octanol–water partition coefficient (Wildman–Crippen LogP) is 4.38. The first kappa shape index (κ1) is 18.0. The zero-order valence-corrected chi connectivity index (χ0v) is 15.9. The molecule has 2 N–H and O–H groups in total. The number of anilines is 4. The van der Waals surface area contributed by atoms with Gasteiger partial charge in [0.05, 0.1) is 11.9 Å². The molecule has 1 aliphatic rings. The molecule has 1 aromatic heterocycles. The van der Waals surface area contributed by atoms with Crippen molar-refractivity contribution >= 4 is 28.8 Å². The minimum absolute atomic E-state index is 0.120. The summed E-state index contributed by atoms with van der Waals surface area (Å²) in [6, 6.07) is 17.1. The molecular weight excluding hydrogens is 350 g/mol. The van der Waals surface area contributed by atoms with Gasteiger partial charge in [0.1, 0.15) is 0 Å². The summed E-state index contributed by atoms with van der Waals surface area (Å²) < 4.78 is 0. The van der Waals surface area contributed by atoms with Crippen LogP contribution in [-0.2, 0) is 0 Å². The van der Waals surface area contributed by atoms with Crippen LogP contribution >= 0.6 is 0 Å². The van der Waals surface area contributed by atoms with Gasteiger partial charge in [-0.25, -0.2) is 0 Å². The Hall–Kier alpha value is -3.41. The first-order valence-electron chi connectivity index (χ1n) is 9.50. The van der Waals surface area contributed by atoms with E-state index in [0.717, 1.165) is 35.7 Å². The molecule has 142 valence electrons. The second-order valence-corrected chi connectivity index (χ2v) is 7.02. The third-order valence-electron chi connectivity index (χ3n) is 4.84. The van der Waals surface area contributed by atoms with Crippen molar-refractivity contribution in [3.63, 3.8) is 0 Å². The zero-order valence-electron chi connectivity index (χ0n) is 15.9. The van der Waals surface area contributed by atoms with Gasteiger partial charge in [0.2, 0.25) is 0 Å². The summed E-state index contributed by atoms with van der Waals surface area (Å²) in [5, 5.41) is 14.5. The maximum Gasteiger partial charge on any atom is 0.255 e. The summed E-state index contributed by atoms with van der Waals surface area (Å²) >= 11 is 0. The average Bonchev–Trinajstić information content (AvgIpc) is 3.25. The summed E-state index contributed by atoms with van der Waals surface area (Å²) in [5.74, 6) is 0.589. The van der Waals surface area contributed by atoms with Crippen molar-refractivity contribution in [2.45, 2.75) is 19.8 Å². The van der Waals surface area contributed by atoms with Crippen LogP contribution in [0.25, 0.3) is 0 Å². The van der Waals surface area contributed by atoms with Crippen LogP contribution in [0.2, 0.25) is 0 Å². The monoisotopic (exact) mass is 373 g/mol. The van der Waals surface area contributed by atoms with E-state index in [-0.39, 0.29) is 5.91 Å². The Morgan fingerprint density at radius 3 is 2.36 bits per heavy atom. The summed E-state index contributed by atoms with van der Waals surface area (Å²) in [6.45, 7) is 4.14. The van der Waals surface area contributed by atoms with Crippen LogP contribution < -0.4 is 15.5 Å². The molecule has 1 aliphatic heterocycles.